The molecule has 0 amide bonds. The molecule has 0 spiro atoms. The maximum atomic E-state index is 4.36. The average molecular weight is 212 g/mol. The largest absolute Gasteiger partial charge is 0.308 e. The van der Waals surface area contributed by atoms with Crippen molar-refractivity contribution >= 4 is 10.8 Å². The van der Waals surface area contributed by atoms with Crippen LogP contribution >= 0.6 is 0 Å². The molecule has 2 heterocycles. The van der Waals surface area contributed by atoms with Crippen molar-refractivity contribution in [3.63, 3.8) is 0 Å². The van der Waals surface area contributed by atoms with E-state index in [-0.39, 0.29) is 5.54 Å². The first-order valence-electron chi connectivity index (χ1n) is 5.88. The highest BCUT2D eigenvalue weighted by Crippen LogP contribution is 2.34. The average Bonchev–Trinajstić information content (AvgIpc) is 2.77. The summed E-state index contributed by atoms with van der Waals surface area (Å²) in [4.78, 5) is 4.36. The second-order valence-electron chi connectivity index (χ2n) is 4.77. The van der Waals surface area contributed by atoms with E-state index in [0.29, 0.717) is 0 Å². The molecule has 1 fully saturated rings. The Bertz CT molecular complexity index is 508. The van der Waals surface area contributed by atoms with E-state index in [0.717, 1.165) is 6.54 Å². The summed E-state index contributed by atoms with van der Waals surface area (Å²) < 4.78 is 0. The van der Waals surface area contributed by atoms with Crippen LogP contribution in [-0.2, 0) is 5.54 Å². The first-order valence-corrected chi connectivity index (χ1v) is 5.88. The van der Waals surface area contributed by atoms with Gasteiger partial charge in [0.1, 0.15) is 0 Å². The molecule has 2 aromatic rings. The number of aromatic nitrogens is 1. The number of nitrogens with one attached hydrogen (secondary N) is 1. The fraction of sp³-hybridized carbons (Fsp3) is 0.357. The predicted molar refractivity (Wildman–Crippen MR) is 66.3 cm³/mol. The van der Waals surface area contributed by atoms with E-state index in [4.69, 9.17) is 0 Å². The van der Waals surface area contributed by atoms with Crippen molar-refractivity contribution in [3.8, 4) is 0 Å². The van der Waals surface area contributed by atoms with Gasteiger partial charge in [-0.3, -0.25) is 4.98 Å². The first-order chi connectivity index (χ1) is 7.80. The smallest absolute Gasteiger partial charge is 0.0428 e. The quantitative estimate of drug-likeness (QED) is 0.786. The predicted octanol–water partition coefficient (Wildman–Crippen LogP) is 2.83. The van der Waals surface area contributed by atoms with Crippen molar-refractivity contribution in [2.45, 2.75) is 25.3 Å². The highest BCUT2D eigenvalue weighted by atomic mass is 15.0. The molecule has 2 heteroatoms. The Hall–Kier alpha value is -1.41. The zero-order valence-electron chi connectivity index (χ0n) is 9.53. The molecule has 1 aliphatic heterocycles. The van der Waals surface area contributed by atoms with E-state index in [1.165, 1.54) is 29.2 Å². The summed E-state index contributed by atoms with van der Waals surface area (Å²) in [5.41, 5.74) is 1.44. The van der Waals surface area contributed by atoms with Gasteiger partial charge < -0.3 is 5.32 Å². The van der Waals surface area contributed by atoms with Gasteiger partial charge in [-0.15, -0.1) is 0 Å². The maximum absolute atomic E-state index is 4.36. The second-order valence-corrected chi connectivity index (χ2v) is 4.77. The number of fused-ring (bicyclic) bond motifs is 1. The topological polar surface area (TPSA) is 24.9 Å². The lowest BCUT2D eigenvalue weighted by atomic mass is 9.88. The fourth-order valence-electron chi connectivity index (χ4n) is 2.68. The van der Waals surface area contributed by atoms with Crippen LogP contribution < -0.4 is 5.32 Å². The van der Waals surface area contributed by atoms with Gasteiger partial charge in [0.25, 0.3) is 0 Å². The lowest BCUT2D eigenvalue weighted by molar-refractivity contribution is 0.437. The van der Waals surface area contributed by atoms with Crippen LogP contribution in [0.25, 0.3) is 10.8 Å². The molecule has 1 aliphatic rings. The SMILES string of the molecule is CC1(c2cncc3ccccc23)CCCN1. The summed E-state index contributed by atoms with van der Waals surface area (Å²) in [6.07, 6.45) is 6.40. The zero-order chi connectivity index (χ0) is 11.0. The molecule has 0 saturated carbocycles. The summed E-state index contributed by atoms with van der Waals surface area (Å²) in [7, 11) is 0. The molecule has 2 nitrogen and oxygen atoms in total. The third-order valence-electron chi connectivity index (χ3n) is 3.63. The van der Waals surface area contributed by atoms with E-state index in [2.05, 4.69) is 41.5 Å². The van der Waals surface area contributed by atoms with Crippen LogP contribution in [0.5, 0.6) is 0 Å². The number of rotatable bonds is 1. The number of nitrogens with zero attached hydrogens (tertiary/aromatic N) is 1. The Morgan fingerprint density at radius 3 is 2.94 bits per heavy atom. The van der Waals surface area contributed by atoms with Crippen LogP contribution in [0.1, 0.15) is 25.3 Å². The minimum absolute atomic E-state index is 0.105. The van der Waals surface area contributed by atoms with Gasteiger partial charge in [-0.05, 0) is 37.3 Å². The van der Waals surface area contributed by atoms with Crippen LogP contribution in [-0.4, -0.2) is 11.5 Å². The van der Waals surface area contributed by atoms with E-state index in [1.54, 1.807) is 0 Å². The van der Waals surface area contributed by atoms with Crippen molar-refractivity contribution < 1.29 is 0 Å². The second kappa shape index (κ2) is 3.56. The molecule has 1 atom stereocenters. The van der Waals surface area contributed by atoms with Crippen molar-refractivity contribution in [1.29, 1.82) is 0 Å². The third-order valence-corrected chi connectivity index (χ3v) is 3.63. The Morgan fingerprint density at radius 2 is 2.12 bits per heavy atom. The molecule has 1 aromatic heterocycles. The molecule has 16 heavy (non-hydrogen) atoms. The molecular weight excluding hydrogens is 196 g/mol. The molecule has 0 radical (unpaired) electrons. The van der Waals surface area contributed by atoms with Crippen LogP contribution in [0, 0.1) is 0 Å². The lowest BCUT2D eigenvalue weighted by Crippen LogP contribution is -2.33. The molecule has 82 valence electrons. The molecule has 1 saturated heterocycles. The molecule has 0 bridgehead atoms. The summed E-state index contributed by atoms with van der Waals surface area (Å²) in [6, 6.07) is 8.49. The van der Waals surface area contributed by atoms with Crippen molar-refractivity contribution in [2.75, 3.05) is 6.54 Å². The van der Waals surface area contributed by atoms with Crippen LogP contribution in [0.3, 0.4) is 0 Å². The summed E-state index contributed by atoms with van der Waals surface area (Å²) >= 11 is 0. The lowest BCUT2D eigenvalue weighted by Gasteiger charge is -2.26. The molecule has 1 N–H and O–H groups in total. The van der Waals surface area contributed by atoms with Gasteiger partial charge in [0.15, 0.2) is 0 Å². The maximum Gasteiger partial charge on any atom is 0.0428 e. The van der Waals surface area contributed by atoms with Gasteiger partial charge >= 0.3 is 0 Å². The minimum atomic E-state index is 0.105. The Balaban J connectivity index is 2.23. The number of benzene rings is 1. The van der Waals surface area contributed by atoms with Crippen molar-refractivity contribution in [1.82, 2.24) is 10.3 Å². The summed E-state index contributed by atoms with van der Waals surface area (Å²) in [5.74, 6) is 0. The molecule has 0 aliphatic carbocycles. The number of hydrogen-bond donors (Lipinski definition) is 1. The van der Waals surface area contributed by atoms with E-state index < -0.39 is 0 Å². The van der Waals surface area contributed by atoms with Crippen LogP contribution in [0.4, 0.5) is 0 Å². The minimum Gasteiger partial charge on any atom is -0.308 e. The Kier molecular flexibility index (Phi) is 2.18. The monoisotopic (exact) mass is 212 g/mol. The highest BCUT2D eigenvalue weighted by Gasteiger charge is 2.31. The van der Waals surface area contributed by atoms with E-state index >= 15 is 0 Å². The molecule has 3 rings (SSSR count). The molecular formula is C14H16N2. The van der Waals surface area contributed by atoms with Crippen molar-refractivity contribution in [3.05, 3.63) is 42.2 Å². The Labute approximate surface area is 95.7 Å². The van der Waals surface area contributed by atoms with E-state index in [1.807, 2.05) is 12.4 Å². The van der Waals surface area contributed by atoms with Crippen molar-refractivity contribution in [2.24, 2.45) is 0 Å². The van der Waals surface area contributed by atoms with Crippen LogP contribution in [0.15, 0.2) is 36.7 Å². The zero-order valence-corrected chi connectivity index (χ0v) is 9.53. The van der Waals surface area contributed by atoms with Gasteiger partial charge in [0, 0.05) is 23.3 Å². The Morgan fingerprint density at radius 1 is 1.25 bits per heavy atom. The number of hydrogen-bond acceptors (Lipinski definition) is 2. The fourth-order valence-corrected chi connectivity index (χ4v) is 2.68. The molecule has 1 aromatic carbocycles. The van der Waals surface area contributed by atoms with Gasteiger partial charge in [-0.1, -0.05) is 24.3 Å². The summed E-state index contributed by atoms with van der Waals surface area (Å²) in [5, 5.41) is 6.16. The van der Waals surface area contributed by atoms with Gasteiger partial charge in [0.2, 0.25) is 0 Å². The number of pyridine rings is 1. The van der Waals surface area contributed by atoms with Gasteiger partial charge in [-0.2, -0.15) is 0 Å². The summed E-state index contributed by atoms with van der Waals surface area (Å²) in [6.45, 7) is 3.39. The van der Waals surface area contributed by atoms with Crippen LogP contribution in [0.2, 0.25) is 0 Å². The van der Waals surface area contributed by atoms with Gasteiger partial charge in [-0.25, -0.2) is 0 Å². The highest BCUT2D eigenvalue weighted by molar-refractivity contribution is 5.85. The van der Waals surface area contributed by atoms with Gasteiger partial charge in [0.05, 0.1) is 0 Å². The normalized spacial score (nSPS) is 25.1. The first kappa shape index (κ1) is 9.79. The standard InChI is InChI=1S/C14H16N2/c1-14(7-4-8-16-14)13-10-15-9-11-5-2-3-6-12(11)13/h2-3,5-6,9-10,16H,4,7-8H2,1H3. The van der Waals surface area contributed by atoms with E-state index in [9.17, 15) is 0 Å². The third kappa shape index (κ3) is 1.41. The molecule has 1 unspecified atom stereocenters.